The monoisotopic (exact) mass is 836 g/mol. The third-order valence-electron chi connectivity index (χ3n) is 10.5. The molecule has 0 bridgehead atoms. The summed E-state index contributed by atoms with van der Waals surface area (Å²) in [6, 6.07) is 82.8. The van der Waals surface area contributed by atoms with Crippen LogP contribution in [0.4, 0.5) is 34.1 Å². The second-order valence-corrected chi connectivity index (χ2v) is 17.4. The van der Waals surface area contributed by atoms with Gasteiger partial charge in [-0.25, -0.2) is 0 Å². The van der Waals surface area contributed by atoms with Crippen LogP contribution in [-0.2, 0) is 4.57 Å². The van der Waals surface area contributed by atoms with Crippen LogP contribution >= 0.6 is 7.14 Å². The highest BCUT2D eigenvalue weighted by atomic mass is 31.2. The van der Waals surface area contributed by atoms with Gasteiger partial charge in [-0.05, 0) is 121 Å². The predicted molar refractivity (Wildman–Crippen MR) is 267 cm³/mol. The van der Waals surface area contributed by atoms with Gasteiger partial charge in [0.15, 0.2) is 0 Å². The van der Waals surface area contributed by atoms with Crippen molar-refractivity contribution in [3.05, 3.63) is 277 Å². The quantitative estimate of drug-likeness (QED) is 0.113. The van der Waals surface area contributed by atoms with Gasteiger partial charge in [0.2, 0.25) is 7.14 Å². The standard InChI is InChI=1S/C60H41N2OP/c63-64(59-27-15-5-16-28-59,60-29-17-6-18-30-60)44-43-52-46-50(33-31-48-35-39-57(40-36-48)61(53-19-7-1-8-20-53)54-21-9-2-10-22-54)45-51(47-52)34-32-49-37-41-58(42-38-49)62(55-23-11-3-12-24-55)56-25-13-4-14-26-56/h1-30,35-42,45-47H. The Balaban J connectivity index is 1.07. The maximum absolute atomic E-state index is 14.9. The third-order valence-corrected chi connectivity index (χ3v) is 13.0. The summed E-state index contributed by atoms with van der Waals surface area (Å²) in [6.07, 6.45) is 0. The van der Waals surface area contributed by atoms with Crippen LogP contribution in [-0.4, -0.2) is 0 Å². The molecule has 0 unspecified atom stereocenters. The van der Waals surface area contributed by atoms with Gasteiger partial charge in [-0.3, -0.25) is 4.57 Å². The van der Waals surface area contributed by atoms with E-state index in [1.54, 1.807) is 0 Å². The Bertz CT molecular complexity index is 2930. The van der Waals surface area contributed by atoms with E-state index in [4.69, 9.17) is 0 Å². The van der Waals surface area contributed by atoms with Crippen molar-refractivity contribution in [2.75, 3.05) is 9.80 Å². The zero-order valence-corrected chi connectivity index (χ0v) is 35.8. The van der Waals surface area contributed by atoms with Crippen molar-refractivity contribution >= 4 is 51.9 Å². The average molecular weight is 837 g/mol. The molecule has 0 aliphatic heterocycles. The molecule has 0 fully saturated rings. The summed E-state index contributed by atoms with van der Waals surface area (Å²) in [7, 11) is -3.30. The Morgan fingerprint density at radius 1 is 0.266 bits per heavy atom. The molecule has 0 atom stereocenters. The normalized spacial score (nSPS) is 10.5. The van der Waals surface area contributed by atoms with E-state index in [2.05, 4.69) is 118 Å². The van der Waals surface area contributed by atoms with Crippen molar-refractivity contribution in [2.24, 2.45) is 0 Å². The zero-order chi connectivity index (χ0) is 43.4. The van der Waals surface area contributed by atoms with Crippen molar-refractivity contribution in [1.29, 1.82) is 0 Å². The molecule has 0 spiro atoms. The fourth-order valence-corrected chi connectivity index (χ4v) is 9.45. The van der Waals surface area contributed by atoms with Crippen molar-refractivity contribution < 1.29 is 4.57 Å². The molecule has 9 rings (SSSR count). The SMILES string of the molecule is O=P(C#Cc1cc(C#Cc2ccc(N(c3ccccc3)c3ccccc3)cc2)cc(C#Cc2ccc(N(c3ccccc3)c3ccccc3)cc2)c1)(c1ccccc1)c1ccccc1. The lowest BCUT2D eigenvalue weighted by molar-refractivity contribution is 0.593. The van der Waals surface area contributed by atoms with Crippen molar-refractivity contribution in [3.63, 3.8) is 0 Å². The zero-order valence-electron chi connectivity index (χ0n) is 34.9. The Labute approximate surface area is 376 Å². The minimum Gasteiger partial charge on any atom is -0.311 e. The van der Waals surface area contributed by atoms with Gasteiger partial charge in [-0.1, -0.05) is 163 Å². The minimum atomic E-state index is -3.30. The van der Waals surface area contributed by atoms with Crippen LogP contribution in [0.2, 0.25) is 0 Å². The van der Waals surface area contributed by atoms with Crippen molar-refractivity contribution in [3.8, 4) is 35.3 Å². The van der Waals surface area contributed by atoms with E-state index in [0.29, 0.717) is 16.2 Å². The molecule has 0 amide bonds. The Morgan fingerprint density at radius 3 is 0.828 bits per heavy atom. The van der Waals surface area contributed by atoms with Crippen molar-refractivity contribution in [1.82, 2.24) is 0 Å². The van der Waals surface area contributed by atoms with Crippen LogP contribution in [0.25, 0.3) is 0 Å². The molecule has 0 saturated carbocycles. The predicted octanol–water partition coefficient (Wildman–Crippen LogP) is 13.7. The fraction of sp³-hybridized carbons (Fsp3) is 0. The van der Waals surface area contributed by atoms with E-state index >= 15 is 0 Å². The molecular formula is C60H41N2OP. The molecule has 64 heavy (non-hydrogen) atoms. The van der Waals surface area contributed by atoms with E-state index in [-0.39, 0.29) is 0 Å². The second-order valence-electron chi connectivity index (χ2n) is 14.9. The number of anilines is 6. The molecule has 0 heterocycles. The molecule has 0 saturated heterocycles. The molecule has 9 aromatic carbocycles. The lowest BCUT2D eigenvalue weighted by Crippen LogP contribution is -2.14. The fourth-order valence-electron chi connectivity index (χ4n) is 7.42. The van der Waals surface area contributed by atoms with E-state index in [0.717, 1.165) is 56.4 Å². The van der Waals surface area contributed by atoms with E-state index in [1.165, 1.54) is 0 Å². The van der Waals surface area contributed by atoms with Gasteiger partial charge in [0.1, 0.15) is 0 Å². The first-order valence-corrected chi connectivity index (χ1v) is 22.7. The highest BCUT2D eigenvalue weighted by molar-refractivity contribution is 7.83. The third kappa shape index (κ3) is 9.66. The van der Waals surface area contributed by atoms with Crippen LogP contribution in [0.1, 0.15) is 27.8 Å². The molecule has 0 aromatic heterocycles. The molecular weight excluding hydrogens is 796 g/mol. The molecule has 9 aromatic rings. The van der Waals surface area contributed by atoms with Crippen LogP contribution in [0, 0.1) is 35.3 Å². The number of benzene rings is 9. The van der Waals surface area contributed by atoms with E-state index in [9.17, 15) is 4.57 Å². The van der Waals surface area contributed by atoms with Crippen LogP contribution in [0.15, 0.2) is 249 Å². The summed E-state index contributed by atoms with van der Waals surface area (Å²) in [5.41, 5.74) is 13.5. The Kier molecular flexibility index (Phi) is 12.4. The summed E-state index contributed by atoms with van der Waals surface area (Å²) in [4.78, 5) is 4.45. The Hall–Kier alpha value is -8.51. The van der Waals surface area contributed by atoms with Gasteiger partial charge >= 0.3 is 0 Å². The number of nitrogens with zero attached hydrogens (tertiary/aromatic N) is 2. The topological polar surface area (TPSA) is 23.6 Å². The van der Waals surface area contributed by atoms with Gasteiger partial charge in [0.05, 0.1) is 0 Å². The lowest BCUT2D eigenvalue weighted by atomic mass is 10.0. The van der Waals surface area contributed by atoms with Crippen LogP contribution < -0.4 is 20.4 Å². The summed E-state index contributed by atoms with van der Waals surface area (Å²) in [5, 5.41) is 1.38. The smallest absolute Gasteiger partial charge is 0.211 e. The molecule has 3 nitrogen and oxygen atoms in total. The molecule has 4 heteroatoms. The van der Waals surface area contributed by atoms with Crippen molar-refractivity contribution in [2.45, 2.75) is 0 Å². The number of hydrogen-bond donors (Lipinski definition) is 0. The number of hydrogen-bond acceptors (Lipinski definition) is 3. The molecule has 0 radical (unpaired) electrons. The minimum absolute atomic E-state index is 0.677. The summed E-state index contributed by atoms with van der Waals surface area (Å²) in [5.74, 6) is 16.8. The highest BCUT2D eigenvalue weighted by Gasteiger charge is 2.24. The van der Waals surface area contributed by atoms with Gasteiger partial charge in [0, 0.05) is 72.6 Å². The lowest BCUT2D eigenvalue weighted by Gasteiger charge is -2.25. The first-order chi connectivity index (χ1) is 31.6. The number of para-hydroxylation sites is 4. The summed E-state index contributed by atoms with van der Waals surface area (Å²) >= 11 is 0. The summed E-state index contributed by atoms with van der Waals surface area (Å²) in [6.45, 7) is 0. The molecule has 0 aliphatic rings. The Morgan fingerprint density at radius 2 is 0.516 bits per heavy atom. The molecule has 302 valence electrons. The van der Waals surface area contributed by atoms with Gasteiger partial charge in [-0.2, -0.15) is 0 Å². The van der Waals surface area contributed by atoms with Gasteiger partial charge in [0.25, 0.3) is 0 Å². The van der Waals surface area contributed by atoms with Gasteiger partial charge in [-0.15, -0.1) is 0 Å². The maximum atomic E-state index is 14.9. The van der Waals surface area contributed by atoms with Crippen LogP contribution in [0.5, 0.6) is 0 Å². The van der Waals surface area contributed by atoms with E-state index < -0.39 is 7.14 Å². The first-order valence-electron chi connectivity index (χ1n) is 21.0. The van der Waals surface area contributed by atoms with Crippen LogP contribution in [0.3, 0.4) is 0 Å². The maximum Gasteiger partial charge on any atom is 0.211 e. The highest BCUT2D eigenvalue weighted by Crippen LogP contribution is 2.42. The van der Waals surface area contributed by atoms with Gasteiger partial charge < -0.3 is 9.80 Å². The van der Waals surface area contributed by atoms with E-state index in [1.807, 2.05) is 176 Å². The average Bonchev–Trinajstić information content (AvgIpc) is 3.37. The molecule has 0 N–H and O–H groups in total. The number of rotatable bonds is 8. The first kappa shape index (κ1) is 40.9. The summed E-state index contributed by atoms with van der Waals surface area (Å²) < 4.78 is 14.9. The largest absolute Gasteiger partial charge is 0.311 e. The molecule has 0 aliphatic carbocycles. The second kappa shape index (κ2) is 19.5.